The van der Waals surface area contributed by atoms with Crippen LogP contribution in [0, 0.1) is 11.8 Å². The Hall–Kier alpha value is -0.610. The van der Waals surface area contributed by atoms with E-state index in [0.29, 0.717) is 24.4 Å². The number of hydrogen-bond acceptors (Lipinski definition) is 3. The fraction of sp³-hybridized carbons (Fsp3) is 0.933. The van der Waals surface area contributed by atoms with Gasteiger partial charge in [0, 0.05) is 12.6 Å². The molecule has 0 bridgehead atoms. The molecule has 3 N–H and O–H groups in total. The summed E-state index contributed by atoms with van der Waals surface area (Å²) in [5.41, 5.74) is 5.45. The lowest BCUT2D eigenvalue weighted by Crippen LogP contribution is -2.56. The van der Waals surface area contributed by atoms with E-state index < -0.39 is 5.54 Å². The van der Waals surface area contributed by atoms with E-state index in [9.17, 15) is 4.79 Å². The molecule has 1 saturated carbocycles. The van der Waals surface area contributed by atoms with Gasteiger partial charge >= 0.3 is 0 Å². The van der Waals surface area contributed by atoms with Crippen LogP contribution < -0.4 is 11.1 Å². The van der Waals surface area contributed by atoms with Crippen LogP contribution in [-0.2, 0) is 4.79 Å². The van der Waals surface area contributed by atoms with Crippen molar-refractivity contribution >= 4 is 5.91 Å². The first-order chi connectivity index (χ1) is 8.84. The van der Waals surface area contributed by atoms with Crippen molar-refractivity contribution in [2.75, 3.05) is 20.6 Å². The molecular weight excluding hydrogens is 238 g/mol. The van der Waals surface area contributed by atoms with E-state index in [1.165, 1.54) is 0 Å². The highest BCUT2D eigenvalue weighted by molar-refractivity contribution is 5.86. The van der Waals surface area contributed by atoms with E-state index in [4.69, 9.17) is 5.73 Å². The summed E-state index contributed by atoms with van der Waals surface area (Å²) in [6.45, 7) is 6.98. The average Bonchev–Trinajstić information content (AvgIpc) is 3.17. The molecule has 4 nitrogen and oxygen atoms in total. The van der Waals surface area contributed by atoms with Crippen LogP contribution in [0.4, 0.5) is 0 Å². The third-order valence-corrected chi connectivity index (χ3v) is 4.64. The van der Waals surface area contributed by atoms with Gasteiger partial charge in [-0.15, -0.1) is 0 Å². The first kappa shape index (κ1) is 16.4. The van der Waals surface area contributed by atoms with Crippen molar-refractivity contribution in [1.29, 1.82) is 0 Å². The molecule has 0 heterocycles. The van der Waals surface area contributed by atoms with Crippen molar-refractivity contribution in [1.82, 2.24) is 10.2 Å². The van der Waals surface area contributed by atoms with Crippen LogP contribution in [0.15, 0.2) is 0 Å². The highest BCUT2D eigenvalue weighted by atomic mass is 16.2. The number of carbonyl (C=O) groups excluding carboxylic acids is 1. The molecule has 0 spiro atoms. The fourth-order valence-electron chi connectivity index (χ4n) is 2.86. The highest BCUT2D eigenvalue weighted by Gasteiger charge is 2.44. The van der Waals surface area contributed by atoms with Gasteiger partial charge in [0.2, 0.25) is 5.91 Å². The SMILES string of the molecule is CCC(CC)C(CNC(=O)C(C)(N)C1CC1)N(C)C. The molecular formula is C15H31N3O. The lowest BCUT2D eigenvalue weighted by molar-refractivity contribution is -0.126. The second-order valence-electron chi connectivity index (χ2n) is 6.37. The summed E-state index contributed by atoms with van der Waals surface area (Å²) in [6, 6.07) is 0.383. The van der Waals surface area contributed by atoms with E-state index in [0.717, 1.165) is 25.7 Å². The minimum atomic E-state index is -0.690. The molecule has 0 saturated heterocycles. The summed E-state index contributed by atoms with van der Waals surface area (Å²) in [6.07, 6.45) is 4.45. The Balaban J connectivity index is 2.54. The third kappa shape index (κ3) is 4.18. The second-order valence-corrected chi connectivity index (χ2v) is 6.37. The second kappa shape index (κ2) is 6.71. The molecule has 0 aromatic heterocycles. The first-order valence-corrected chi connectivity index (χ1v) is 7.58. The lowest BCUT2D eigenvalue weighted by Gasteiger charge is -2.33. The normalized spacial score (nSPS) is 20.4. The average molecular weight is 269 g/mol. The number of nitrogens with one attached hydrogen (secondary N) is 1. The predicted octanol–water partition coefficient (Wildman–Crippen LogP) is 1.60. The van der Waals surface area contributed by atoms with Crippen molar-refractivity contribution in [2.24, 2.45) is 17.6 Å². The summed E-state index contributed by atoms with van der Waals surface area (Å²) in [4.78, 5) is 14.4. The van der Waals surface area contributed by atoms with Crippen LogP contribution in [0.2, 0.25) is 0 Å². The summed E-state index contributed by atoms with van der Waals surface area (Å²) in [5.74, 6) is 0.992. The van der Waals surface area contributed by atoms with E-state index in [-0.39, 0.29) is 5.91 Å². The minimum absolute atomic E-state index is 0.00723. The summed E-state index contributed by atoms with van der Waals surface area (Å²) in [7, 11) is 4.16. The molecule has 0 radical (unpaired) electrons. The van der Waals surface area contributed by atoms with Gasteiger partial charge < -0.3 is 16.0 Å². The molecule has 0 aliphatic heterocycles. The van der Waals surface area contributed by atoms with Crippen LogP contribution in [0.1, 0.15) is 46.5 Å². The van der Waals surface area contributed by atoms with Gasteiger partial charge in [-0.25, -0.2) is 0 Å². The Kier molecular flexibility index (Phi) is 5.81. The first-order valence-electron chi connectivity index (χ1n) is 7.58. The number of nitrogens with zero attached hydrogens (tertiary/aromatic N) is 1. The molecule has 2 unspecified atom stereocenters. The maximum Gasteiger partial charge on any atom is 0.240 e. The van der Waals surface area contributed by atoms with Gasteiger partial charge in [-0.1, -0.05) is 26.7 Å². The van der Waals surface area contributed by atoms with Crippen LogP contribution >= 0.6 is 0 Å². The van der Waals surface area contributed by atoms with Gasteiger partial charge in [0.15, 0.2) is 0 Å². The van der Waals surface area contributed by atoms with E-state index >= 15 is 0 Å². The molecule has 0 aromatic rings. The number of amides is 1. The summed E-state index contributed by atoms with van der Waals surface area (Å²) >= 11 is 0. The zero-order valence-electron chi connectivity index (χ0n) is 13.2. The van der Waals surface area contributed by atoms with E-state index in [1.807, 2.05) is 6.92 Å². The van der Waals surface area contributed by atoms with Crippen LogP contribution in [0.25, 0.3) is 0 Å². The van der Waals surface area contributed by atoms with Crippen molar-refractivity contribution in [2.45, 2.75) is 58.0 Å². The molecule has 4 heteroatoms. The van der Waals surface area contributed by atoms with Crippen LogP contribution in [0.5, 0.6) is 0 Å². The van der Waals surface area contributed by atoms with Crippen molar-refractivity contribution in [3.63, 3.8) is 0 Å². The topological polar surface area (TPSA) is 58.4 Å². The molecule has 1 amide bonds. The molecule has 19 heavy (non-hydrogen) atoms. The summed E-state index contributed by atoms with van der Waals surface area (Å²) in [5, 5.41) is 3.07. The van der Waals surface area contributed by atoms with Gasteiger partial charge in [-0.05, 0) is 45.7 Å². The zero-order chi connectivity index (χ0) is 14.6. The maximum absolute atomic E-state index is 12.2. The molecule has 1 fully saturated rings. The summed E-state index contributed by atoms with van der Waals surface area (Å²) < 4.78 is 0. The Morgan fingerprint density at radius 1 is 1.37 bits per heavy atom. The largest absolute Gasteiger partial charge is 0.353 e. The van der Waals surface area contributed by atoms with Crippen molar-refractivity contribution < 1.29 is 4.79 Å². The zero-order valence-corrected chi connectivity index (χ0v) is 13.2. The molecule has 112 valence electrons. The number of likely N-dealkylation sites (N-methyl/N-ethyl adjacent to an activating group) is 1. The quantitative estimate of drug-likeness (QED) is 0.703. The Morgan fingerprint density at radius 3 is 2.26 bits per heavy atom. The van der Waals surface area contributed by atoms with Gasteiger partial charge in [-0.3, -0.25) is 4.79 Å². The Bertz CT molecular complexity index is 294. The van der Waals surface area contributed by atoms with Gasteiger partial charge in [0.25, 0.3) is 0 Å². The number of carbonyl (C=O) groups is 1. The molecule has 2 atom stereocenters. The number of nitrogens with two attached hydrogens (primary N) is 1. The maximum atomic E-state index is 12.2. The molecule has 1 aliphatic carbocycles. The Labute approximate surface area is 118 Å². The van der Waals surface area contributed by atoms with Gasteiger partial charge in [0.1, 0.15) is 0 Å². The smallest absolute Gasteiger partial charge is 0.240 e. The Morgan fingerprint density at radius 2 is 1.89 bits per heavy atom. The molecule has 1 rings (SSSR count). The fourth-order valence-corrected chi connectivity index (χ4v) is 2.86. The van der Waals surface area contributed by atoms with E-state index in [1.54, 1.807) is 0 Å². The monoisotopic (exact) mass is 269 g/mol. The minimum Gasteiger partial charge on any atom is -0.353 e. The molecule has 0 aromatic carbocycles. The standard InChI is InChI=1S/C15H31N3O/c1-6-11(7-2)13(18(4)5)10-17-14(19)15(3,16)12-8-9-12/h11-13H,6-10,16H2,1-5H3,(H,17,19). The lowest BCUT2D eigenvalue weighted by atomic mass is 9.92. The molecule has 1 aliphatic rings. The number of hydrogen-bond donors (Lipinski definition) is 2. The van der Waals surface area contributed by atoms with Crippen molar-refractivity contribution in [3.05, 3.63) is 0 Å². The third-order valence-electron chi connectivity index (χ3n) is 4.64. The van der Waals surface area contributed by atoms with Crippen molar-refractivity contribution in [3.8, 4) is 0 Å². The van der Waals surface area contributed by atoms with Crippen LogP contribution in [-0.4, -0.2) is 43.0 Å². The predicted molar refractivity (Wildman–Crippen MR) is 79.9 cm³/mol. The van der Waals surface area contributed by atoms with Gasteiger partial charge in [-0.2, -0.15) is 0 Å². The van der Waals surface area contributed by atoms with Crippen LogP contribution in [0.3, 0.4) is 0 Å². The number of rotatable bonds is 8. The van der Waals surface area contributed by atoms with E-state index in [2.05, 4.69) is 38.2 Å². The van der Waals surface area contributed by atoms with Gasteiger partial charge in [0.05, 0.1) is 5.54 Å². The highest BCUT2D eigenvalue weighted by Crippen LogP contribution is 2.38.